The SMILES string of the molecule is CCc1ccc(CNC(=O)Cc2ccc(N)cc2)s1. The van der Waals surface area contributed by atoms with Gasteiger partial charge in [0.05, 0.1) is 13.0 Å². The van der Waals surface area contributed by atoms with Crippen molar-refractivity contribution < 1.29 is 4.79 Å². The number of carbonyl (C=O) groups excluding carboxylic acids is 1. The van der Waals surface area contributed by atoms with Crippen LogP contribution in [-0.4, -0.2) is 5.91 Å². The number of rotatable bonds is 5. The first-order chi connectivity index (χ1) is 9.17. The third kappa shape index (κ3) is 4.10. The van der Waals surface area contributed by atoms with Crippen molar-refractivity contribution in [2.75, 3.05) is 5.73 Å². The summed E-state index contributed by atoms with van der Waals surface area (Å²) >= 11 is 1.75. The fraction of sp³-hybridized carbons (Fsp3) is 0.267. The van der Waals surface area contributed by atoms with E-state index < -0.39 is 0 Å². The highest BCUT2D eigenvalue weighted by Crippen LogP contribution is 2.16. The molecule has 3 nitrogen and oxygen atoms in total. The minimum atomic E-state index is 0.0382. The summed E-state index contributed by atoms with van der Waals surface area (Å²) in [5, 5.41) is 2.94. The normalized spacial score (nSPS) is 10.4. The second kappa shape index (κ2) is 6.38. The van der Waals surface area contributed by atoms with Gasteiger partial charge in [0.1, 0.15) is 0 Å². The molecule has 2 rings (SSSR count). The van der Waals surface area contributed by atoms with Gasteiger partial charge in [-0.05, 0) is 36.2 Å². The fourth-order valence-corrected chi connectivity index (χ4v) is 2.67. The fourth-order valence-electron chi connectivity index (χ4n) is 1.78. The molecule has 1 aromatic carbocycles. The highest BCUT2D eigenvalue weighted by Gasteiger charge is 2.04. The highest BCUT2D eigenvalue weighted by molar-refractivity contribution is 7.11. The summed E-state index contributed by atoms with van der Waals surface area (Å²) in [5.74, 6) is 0.0382. The van der Waals surface area contributed by atoms with Crippen LogP contribution in [0.5, 0.6) is 0 Å². The third-order valence-corrected chi connectivity index (χ3v) is 4.10. The summed E-state index contributed by atoms with van der Waals surface area (Å²) in [6.07, 6.45) is 1.44. The van der Waals surface area contributed by atoms with E-state index in [4.69, 9.17) is 5.73 Å². The van der Waals surface area contributed by atoms with Gasteiger partial charge in [0.25, 0.3) is 0 Å². The predicted octanol–water partition coefficient (Wildman–Crippen LogP) is 2.75. The Kier molecular flexibility index (Phi) is 4.58. The molecule has 1 amide bonds. The molecule has 0 aliphatic carbocycles. The van der Waals surface area contributed by atoms with Crippen molar-refractivity contribution in [3.05, 3.63) is 51.7 Å². The number of hydrogen-bond acceptors (Lipinski definition) is 3. The van der Waals surface area contributed by atoms with E-state index in [9.17, 15) is 4.79 Å². The van der Waals surface area contributed by atoms with Crippen molar-refractivity contribution in [2.45, 2.75) is 26.3 Å². The van der Waals surface area contributed by atoms with E-state index in [-0.39, 0.29) is 5.91 Å². The quantitative estimate of drug-likeness (QED) is 0.824. The smallest absolute Gasteiger partial charge is 0.224 e. The monoisotopic (exact) mass is 274 g/mol. The highest BCUT2D eigenvalue weighted by atomic mass is 32.1. The van der Waals surface area contributed by atoms with Gasteiger partial charge in [-0.25, -0.2) is 0 Å². The Hall–Kier alpha value is -1.81. The summed E-state index contributed by atoms with van der Waals surface area (Å²) in [4.78, 5) is 14.4. The maximum Gasteiger partial charge on any atom is 0.224 e. The molecule has 2 aromatic rings. The molecule has 4 heteroatoms. The van der Waals surface area contributed by atoms with Crippen molar-refractivity contribution in [3.63, 3.8) is 0 Å². The summed E-state index contributed by atoms with van der Waals surface area (Å²) in [5.41, 5.74) is 7.30. The Morgan fingerprint density at radius 1 is 1.16 bits per heavy atom. The Bertz CT molecular complexity index is 546. The average molecular weight is 274 g/mol. The zero-order chi connectivity index (χ0) is 13.7. The van der Waals surface area contributed by atoms with Gasteiger partial charge in [-0.3, -0.25) is 4.79 Å². The molecule has 0 aliphatic heterocycles. The largest absolute Gasteiger partial charge is 0.399 e. The van der Waals surface area contributed by atoms with Gasteiger partial charge in [-0.1, -0.05) is 19.1 Å². The predicted molar refractivity (Wildman–Crippen MR) is 80.1 cm³/mol. The third-order valence-electron chi connectivity index (χ3n) is 2.87. The minimum Gasteiger partial charge on any atom is -0.399 e. The first-order valence-corrected chi connectivity index (χ1v) is 7.17. The molecule has 0 radical (unpaired) electrons. The Morgan fingerprint density at radius 2 is 1.84 bits per heavy atom. The molecule has 1 aromatic heterocycles. The number of amides is 1. The lowest BCUT2D eigenvalue weighted by molar-refractivity contribution is -0.120. The van der Waals surface area contributed by atoms with Gasteiger partial charge in [-0.15, -0.1) is 11.3 Å². The number of nitrogens with two attached hydrogens (primary N) is 1. The number of thiophene rings is 1. The lowest BCUT2D eigenvalue weighted by Gasteiger charge is -2.04. The van der Waals surface area contributed by atoms with Gasteiger partial charge in [-0.2, -0.15) is 0 Å². The summed E-state index contributed by atoms with van der Waals surface area (Å²) in [6.45, 7) is 2.74. The van der Waals surface area contributed by atoms with E-state index in [1.54, 1.807) is 11.3 Å². The van der Waals surface area contributed by atoms with Crippen molar-refractivity contribution in [3.8, 4) is 0 Å². The van der Waals surface area contributed by atoms with Crippen LogP contribution in [0.1, 0.15) is 22.2 Å². The van der Waals surface area contributed by atoms with Crippen LogP contribution in [0, 0.1) is 0 Å². The molecule has 0 saturated heterocycles. The van der Waals surface area contributed by atoms with E-state index >= 15 is 0 Å². The van der Waals surface area contributed by atoms with Crippen LogP contribution in [0.15, 0.2) is 36.4 Å². The molecule has 3 N–H and O–H groups in total. The number of nitrogens with one attached hydrogen (secondary N) is 1. The van der Waals surface area contributed by atoms with Crippen molar-refractivity contribution in [1.29, 1.82) is 0 Å². The van der Waals surface area contributed by atoms with Crippen LogP contribution in [0.2, 0.25) is 0 Å². The summed E-state index contributed by atoms with van der Waals surface area (Å²) < 4.78 is 0. The number of aryl methyl sites for hydroxylation is 1. The molecule has 0 unspecified atom stereocenters. The Labute approximate surface area is 117 Å². The van der Waals surface area contributed by atoms with Gasteiger partial charge >= 0.3 is 0 Å². The van der Waals surface area contributed by atoms with Gasteiger partial charge in [0.15, 0.2) is 0 Å². The Balaban J connectivity index is 1.82. The second-order valence-electron chi connectivity index (χ2n) is 4.42. The molecule has 0 atom stereocenters. The lowest BCUT2D eigenvalue weighted by Crippen LogP contribution is -2.24. The Morgan fingerprint density at radius 3 is 2.47 bits per heavy atom. The van der Waals surface area contributed by atoms with Crippen LogP contribution in [-0.2, 0) is 24.2 Å². The van der Waals surface area contributed by atoms with Crippen LogP contribution in [0.25, 0.3) is 0 Å². The zero-order valence-corrected chi connectivity index (χ0v) is 11.8. The molecule has 0 fully saturated rings. The van der Waals surface area contributed by atoms with Gasteiger partial charge in [0.2, 0.25) is 5.91 Å². The maximum atomic E-state index is 11.8. The number of benzene rings is 1. The van der Waals surface area contributed by atoms with Crippen LogP contribution < -0.4 is 11.1 Å². The summed E-state index contributed by atoms with van der Waals surface area (Å²) in [6, 6.07) is 11.6. The topological polar surface area (TPSA) is 55.1 Å². The first kappa shape index (κ1) is 13.6. The number of anilines is 1. The van der Waals surface area contributed by atoms with Gasteiger partial charge in [0, 0.05) is 15.4 Å². The van der Waals surface area contributed by atoms with Crippen LogP contribution in [0.3, 0.4) is 0 Å². The first-order valence-electron chi connectivity index (χ1n) is 6.36. The van der Waals surface area contributed by atoms with E-state index in [0.717, 1.165) is 17.7 Å². The number of carbonyl (C=O) groups is 1. The van der Waals surface area contributed by atoms with E-state index in [2.05, 4.69) is 24.4 Å². The number of nitrogen functional groups attached to an aromatic ring is 1. The molecule has 0 aliphatic rings. The summed E-state index contributed by atoms with van der Waals surface area (Å²) in [7, 11) is 0. The van der Waals surface area contributed by atoms with Crippen molar-refractivity contribution in [1.82, 2.24) is 5.32 Å². The van der Waals surface area contributed by atoms with E-state index in [1.165, 1.54) is 9.75 Å². The number of hydrogen-bond donors (Lipinski definition) is 2. The van der Waals surface area contributed by atoms with Crippen LogP contribution in [0.4, 0.5) is 5.69 Å². The minimum absolute atomic E-state index is 0.0382. The zero-order valence-electron chi connectivity index (χ0n) is 11.0. The molecule has 1 heterocycles. The second-order valence-corrected chi connectivity index (χ2v) is 5.67. The maximum absolute atomic E-state index is 11.8. The van der Waals surface area contributed by atoms with Gasteiger partial charge < -0.3 is 11.1 Å². The molecule has 0 saturated carbocycles. The van der Waals surface area contributed by atoms with E-state index in [1.807, 2.05) is 24.3 Å². The molecular formula is C15H18N2OS. The standard InChI is InChI=1S/C15H18N2OS/c1-2-13-7-8-14(19-13)10-17-15(18)9-11-3-5-12(16)6-4-11/h3-8H,2,9-10,16H2,1H3,(H,17,18). The molecular weight excluding hydrogens is 256 g/mol. The van der Waals surface area contributed by atoms with Crippen molar-refractivity contribution in [2.24, 2.45) is 0 Å². The van der Waals surface area contributed by atoms with Crippen LogP contribution >= 0.6 is 11.3 Å². The van der Waals surface area contributed by atoms with E-state index in [0.29, 0.717) is 13.0 Å². The molecule has 19 heavy (non-hydrogen) atoms. The van der Waals surface area contributed by atoms with Crippen molar-refractivity contribution >= 4 is 22.9 Å². The molecule has 100 valence electrons. The average Bonchev–Trinajstić information content (AvgIpc) is 2.87. The molecule has 0 spiro atoms. The molecule has 0 bridgehead atoms. The lowest BCUT2D eigenvalue weighted by atomic mass is 10.1.